The highest BCUT2D eigenvalue weighted by atomic mass is 16.3. The number of carbonyl (C=O) groups excluding carboxylic acids is 2. The second-order valence-corrected chi connectivity index (χ2v) is 5.94. The second kappa shape index (κ2) is 9.61. The Hall–Kier alpha value is -2.63. The molecule has 0 aliphatic carbocycles. The number of furan rings is 1. The Morgan fingerprint density at radius 3 is 2.80 bits per heavy atom. The van der Waals surface area contributed by atoms with Crippen molar-refractivity contribution in [2.24, 2.45) is 0 Å². The highest BCUT2D eigenvalue weighted by molar-refractivity contribution is 5.94. The zero-order chi connectivity index (χ0) is 18.1. The van der Waals surface area contributed by atoms with E-state index in [0.717, 1.165) is 12.1 Å². The molecule has 0 spiro atoms. The van der Waals surface area contributed by atoms with Gasteiger partial charge in [0.1, 0.15) is 6.26 Å². The fraction of sp³-hybridized carbons (Fsp3) is 0.421. The summed E-state index contributed by atoms with van der Waals surface area (Å²) in [6, 6.07) is 7.42. The lowest BCUT2D eigenvalue weighted by molar-refractivity contribution is -0.121. The number of aromatic nitrogens is 1. The lowest BCUT2D eigenvalue weighted by Crippen LogP contribution is -2.41. The lowest BCUT2D eigenvalue weighted by atomic mass is 10.1. The molecular weight excluding hydrogens is 318 g/mol. The molecule has 0 saturated carbocycles. The van der Waals surface area contributed by atoms with Gasteiger partial charge in [0.05, 0.1) is 11.8 Å². The molecule has 0 radical (unpaired) electrons. The van der Waals surface area contributed by atoms with Crippen molar-refractivity contribution >= 4 is 11.8 Å². The van der Waals surface area contributed by atoms with Crippen molar-refractivity contribution in [2.75, 3.05) is 13.1 Å². The van der Waals surface area contributed by atoms with Gasteiger partial charge in [0, 0.05) is 43.9 Å². The van der Waals surface area contributed by atoms with Gasteiger partial charge in [-0.3, -0.25) is 14.6 Å². The van der Waals surface area contributed by atoms with Crippen molar-refractivity contribution in [2.45, 2.75) is 39.2 Å². The number of hydrogen-bond donors (Lipinski definition) is 1. The molecule has 0 fully saturated rings. The van der Waals surface area contributed by atoms with Crippen molar-refractivity contribution < 1.29 is 14.0 Å². The zero-order valence-corrected chi connectivity index (χ0v) is 14.8. The number of rotatable bonds is 9. The van der Waals surface area contributed by atoms with Crippen LogP contribution in [0.5, 0.6) is 0 Å². The van der Waals surface area contributed by atoms with Crippen LogP contribution in [0.25, 0.3) is 0 Å². The molecule has 25 heavy (non-hydrogen) atoms. The Morgan fingerprint density at radius 2 is 2.16 bits per heavy atom. The first-order chi connectivity index (χ1) is 12.1. The molecule has 0 aliphatic heterocycles. The molecule has 2 amide bonds. The van der Waals surface area contributed by atoms with Gasteiger partial charge in [0.25, 0.3) is 5.91 Å². The van der Waals surface area contributed by atoms with Gasteiger partial charge < -0.3 is 14.6 Å². The molecule has 0 bridgehead atoms. The predicted octanol–water partition coefficient (Wildman–Crippen LogP) is 2.66. The molecule has 0 saturated heterocycles. The van der Waals surface area contributed by atoms with Crippen LogP contribution in [0.15, 0.2) is 47.4 Å². The minimum absolute atomic E-state index is 0.0590. The highest BCUT2D eigenvalue weighted by Gasteiger charge is 2.21. The highest BCUT2D eigenvalue weighted by Crippen LogP contribution is 2.12. The van der Waals surface area contributed by atoms with Gasteiger partial charge in [-0.2, -0.15) is 0 Å². The molecule has 0 aromatic carbocycles. The molecule has 6 nitrogen and oxygen atoms in total. The van der Waals surface area contributed by atoms with Crippen LogP contribution in [0.3, 0.4) is 0 Å². The van der Waals surface area contributed by atoms with Gasteiger partial charge in [-0.05, 0) is 31.5 Å². The molecule has 2 rings (SSSR count). The van der Waals surface area contributed by atoms with E-state index in [2.05, 4.69) is 10.3 Å². The van der Waals surface area contributed by atoms with Crippen LogP contribution in [0.4, 0.5) is 0 Å². The Labute approximate surface area is 148 Å². The summed E-state index contributed by atoms with van der Waals surface area (Å²) >= 11 is 0. The lowest BCUT2D eigenvalue weighted by Gasteiger charge is -2.28. The summed E-state index contributed by atoms with van der Waals surface area (Å²) in [6.45, 7) is 4.92. The van der Waals surface area contributed by atoms with Gasteiger partial charge in [-0.1, -0.05) is 13.0 Å². The summed E-state index contributed by atoms with van der Waals surface area (Å²) in [7, 11) is 0. The van der Waals surface area contributed by atoms with E-state index in [-0.39, 0.29) is 24.3 Å². The number of nitrogens with one attached hydrogen (secondary N) is 1. The average Bonchev–Trinajstić information content (AvgIpc) is 3.17. The maximum atomic E-state index is 12.5. The summed E-state index contributed by atoms with van der Waals surface area (Å²) in [5.41, 5.74) is 1.45. The zero-order valence-electron chi connectivity index (χ0n) is 14.8. The molecule has 1 N–H and O–H groups in total. The van der Waals surface area contributed by atoms with Crippen molar-refractivity contribution in [1.29, 1.82) is 0 Å². The van der Waals surface area contributed by atoms with Gasteiger partial charge in [0.2, 0.25) is 5.91 Å². The van der Waals surface area contributed by atoms with E-state index in [1.165, 1.54) is 12.5 Å². The van der Waals surface area contributed by atoms with Crippen molar-refractivity contribution in [1.82, 2.24) is 15.2 Å². The number of hydrogen-bond acceptors (Lipinski definition) is 4. The van der Waals surface area contributed by atoms with E-state index in [9.17, 15) is 9.59 Å². The van der Waals surface area contributed by atoms with E-state index >= 15 is 0 Å². The first-order valence-electron chi connectivity index (χ1n) is 8.61. The number of pyridine rings is 1. The van der Waals surface area contributed by atoms with Crippen LogP contribution in [0, 0.1) is 0 Å². The van der Waals surface area contributed by atoms with Crippen LogP contribution >= 0.6 is 0 Å². The molecular formula is C19H25N3O3. The van der Waals surface area contributed by atoms with Crippen molar-refractivity contribution in [3.63, 3.8) is 0 Å². The quantitative estimate of drug-likeness (QED) is 0.759. The predicted molar refractivity (Wildman–Crippen MR) is 95.1 cm³/mol. The van der Waals surface area contributed by atoms with E-state index in [1.807, 2.05) is 32.0 Å². The normalized spacial score (nSPS) is 11.8. The second-order valence-electron chi connectivity index (χ2n) is 5.94. The van der Waals surface area contributed by atoms with Crippen LogP contribution in [-0.4, -0.2) is 40.8 Å². The van der Waals surface area contributed by atoms with Gasteiger partial charge in [0.15, 0.2) is 0 Å². The maximum Gasteiger partial charge on any atom is 0.257 e. The van der Waals surface area contributed by atoms with Crippen LogP contribution in [0.2, 0.25) is 0 Å². The SMILES string of the molecule is CC[C@@H](C)N(CCC(=O)NCCc1ccccn1)C(=O)c1ccoc1. The van der Waals surface area contributed by atoms with Gasteiger partial charge in [-0.15, -0.1) is 0 Å². The number of amides is 2. The topological polar surface area (TPSA) is 75.4 Å². The molecule has 2 aromatic heterocycles. The standard InChI is InChI=1S/C19H25N3O3/c1-3-15(2)22(19(24)16-9-13-25-14-16)12-8-18(23)21-11-7-17-6-4-5-10-20-17/h4-6,9-10,13-15H,3,7-8,11-12H2,1-2H3,(H,21,23)/t15-/m1/s1. The summed E-state index contributed by atoms with van der Waals surface area (Å²) < 4.78 is 4.99. The van der Waals surface area contributed by atoms with Gasteiger partial charge >= 0.3 is 0 Å². The Balaban J connectivity index is 1.81. The van der Waals surface area contributed by atoms with E-state index in [0.29, 0.717) is 25.1 Å². The molecule has 0 unspecified atom stereocenters. The summed E-state index contributed by atoms with van der Waals surface area (Å²) in [5.74, 6) is -0.173. The third-order valence-electron chi connectivity index (χ3n) is 4.16. The van der Waals surface area contributed by atoms with Gasteiger partial charge in [-0.25, -0.2) is 0 Å². The Morgan fingerprint density at radius 1 is 1.32 bits per heavy atom. The van der Waals surface area contributed by atoms with Crippen LogP contribution < -0.4 is 5.32 Å². The fourth-order valence-electron chi connectivity index (χ4n) is 2.48. The third kappa shape index (κ3) is 5.74. The summed E-state index contributed by atoms with van der Waals surface area (Å²) in [5, 5.41) is 2.88. The average molecular weight is 343 g/mol. The summed E-state index contributed by atoms with van der Waals surface area (Å²) in [6.07, 6.45) is 6.44. The van der Waals surface area contributed by atoms with E-state index in [1.54, 1.807) is 17.2 Å². The number of carbonyl (C=O) groups is 2. The minimum atomic E-state index is -0.107. The van der Waals surface area contributed by atoms with E-state index in [4.69, 9.17) is 4.42 Å². The first-order valence-corrected chi connectivity index (χ1v) is 8.61. The van der Waals surface area contributed by atoms with Crippen molar-refractivity contribution in [3.05, 3.63) is 54.2 Å². The molecule has 134 valence electrons. The molecule has 2 heterocycles. The largest absolute Gasteiger partial charge is 0.472 e. The van der Waals surface area contributed by atoms with E-state index < -0.39 is 0 Å². The third-order valence-corrected chi connectivity index (χ3v) is 4.16. The Kier molecular flexibility index (Phi) is 7.19. The Bertz CT molecular complexity index is 656. The summed E-state index contributed by atoms with van der Waals surface area (Å²) in [4.78, 5) is 30.6. The molecule has 6 heteroatoms. The van der Waals surface area contributed by atoms with Crippen LogP contribution in [0.1, 0.15) is 42.7 Å². The fourth-order valence-corrected chi connectivity index (χ4v) is 2.48. The molecule has 2 aromatic rings. The first kappa shape index (κ1) is 18.7. The van der Waals surface area contributed by atoms with Crippen molar-refractivity contribution in [3.8, 4) is 0 Å². The monoisotopic (exact) mass is 343 g/mol. The smallest absolute Gasteiger partial charge is 0.257 e. The molecule has 1 atom stereocenters. The number of nitrogens with zero attached hydrogens (tertiary/aromatic N) is 2. The molecule has 0 aliphatic rings. The minimum Gasteiger partial charge on any atom is -0.472 e. The maximum absolute atomic E-state index is 12.5. The van der Waals surface area contributed by atoms with Crippen LogP contribution in [-0.2, 0) is 11.2 Å².